The minimum atomic E-state index is -3.81. The number of sulfonamides is 1. The van der Waals surface area contributed by atoms with E-state index in [9.17, 15) is 18.3 Å². The van der Waals surface area contributed by atoms with E-state index in [2.05, 4.69) is 20.4 Å². The summed E-state index contributed by atoms with van der Waals surface area (Å²) in [5.41, 5.74) is 0.891. The van der Waals surface area contributed by atoms with E-state index in [0.29, 0.717) is 23.0 Å². The van der Waals surface area contributed by atoms with Crippen LogP contribution in [0, 0.1) is 0 Å². The number of anilines is 1. The molecule has 0 aliphatic heterocycles. The molecule has 192 valence electrons. The summed E-state index contributed by atoms with van der Waals surface area (Å²) in [6, 6.07) is 11.0. The van der Waals surface area contributed by atoms with Crippen molar-refractivity contribution < 1.29 is 27.9 Å². The number of likely N-dealkylation sites (N-methyl/N-ethyl adjacent to an activating group) is 1. The highest BCUT2D eigenvalue weighted by Gasteiger charge is 2.24. The number of thiazole rings is 1. The van der Waals surface area contributed by atoms with Crippen LogP contribution in [0.2, 0.25) is 0 Å². The molecule has 36 heavy (non-hydrogen) atoms. The molecular weight excluding hydrogens is 506 g/mol. The second-order valence-corrected chi connectivity index (χ2v) is 10.4. The molecule has 2 aromatic heterocycles. The van der Waals surface area contributed by atoms with Crippen molar-refractivity contribution in [2.45, 2.75) is 25.0 Å². The van der Waals surface area contributed by atoms with Gasteiger partial charge in [-0.1, -0.05) is 41.6 Å². The molecule has 0 saturated heterocycles. The van der Waals surface area contributed by atoms with Crippen molar-refractivity contribution in [3.63, 3.8) is 0 Å². The Balaban J connectivity index is 1.86. The molecule has 0 atom stereocenters. The Morgan fingerprint density at radius 2 is 1.94 bits per heavy atom. The molecule has 0 radical (unpaired) electrons. The molecular formula is C23H27N5O6S2. The molecule has 2 heterocycles. The van der Waals surface area contributed by atoms with Crippen LogP contribution >= 0.6 is 11.3 Å². The Bertz CT molecular complexity index is 1260. The van der Waals surface area contributed by atoms with Gasteiger partial charge in [0.15, 0.2) is 17.5 Å². The first-order chi connectivity index (χ1) is 17.4. The van der Waals surface area contributed by atoms with Gasteiger partial charge in [-0.15, -0.1) is 0 Å². The summed E-state index contributed by atoms with van der Waals surface area (Å²) < 4.78 is 31.9. The lowest BCUT2D eigenvalue weighted by atomic mass is 10.1. The molecule has 3 aromatic rings. The van der Waals surface area contributed by atoms with Gasteiger partial charge in [0.1, 0.15) is 0 Å². The van der Waals surface area contributed by atoms with Gasteiger partial charge < -0.3 is 14.7 Å². The highest BCUT2D eigenvalue weighted by atomic mass is 32.2. The number of aromatic nitrogens is 2. The van der Waals surface area contributed by atoms with E-state index in [4.69, 9.17) is 9.57 Å². The van der Waals surface area contributed by atoms with Crippen molar-refractivity contribution in [3.8, 4) is 0 Å². The molecule has 0 unspecified atom stereocenters. The van der Waals surface area contributed by atoms with Crippen molar-refractivity contribution in [2.75, 3.05) is 32.1 Å². The predicted molar refractivity (Wildman–Crippen MR) is 135 cm³/mol. The number of aliphatic hydroxyl groups excluding tert-OH is 1. The Kier molecular flexibility index (Phi) is 10.0. The highest BCUT2D eigenvalue weighted by Crippen LogP contribution is 2.20. The number of methoxy groups -OCH3 is 1. The number of nitrogens with one attached hydrogen (secondary N) is 1. The Hall–Kier alpha value is -3.23. The largest absolute Gasteiger partial charge is 0.395 e. The maximum atomic E-state index is 13.1. The van der Waals surface area contributed by atoms with Crippen LogP contribution < -0.4 is 5.32 Å². The standard InChI is InChI=1S/C23H27N5O6S2/c1-3-28(12-13-29)36(31,32)20-9-7-17(8-10-20)21(27-34-15-18-6-4-5-11-24-18)22(30)26-23-25-14-19(35-23)16-33-2/h4-11,14,29H,3,12-13,15-16H2,1-2H3,(H,25,26,30)/b27-21+. The van der Waals surface area contributed by atoms with E-state index in [-0.39, 0.29) is 36.9 Å². The lowest BCUT2D eigenvalue weighted by Crippen LogP contribution is -2.33. The minimum Gasteiger partial charge on any atom is -0.395 e. The molecule has 1 amide bonds. The average Bonchev–Trinajstić information content (AvgIpc) is 3.32. The topological polar surface area (TPSA) is 143 Å². The maximum absolute atomic E-state index is 13.1. The van der Waals surface area contributed by atoms with Gasteiger partial charge in [-0.3, -0.25) is 15.1 Å². The molecule has 1 aromatic carbocycles. The zero-order chi connectivity index (χ0) is 26.0. The summed E-state index contributed by atoms with van der Waals surface area (Å²) in [5, 5.41) is 16.2. The number of hydrogen-bond acceptors (Lipinski definition) is 10. The van der Waals surface area contributed by atoms with Gasteiger partial charge in [0.2, 0.25) is 10.0 Å². The molecule has 0 fully saturated rings. The van der Waals surface area contributed by atoms with Crippen LogP contribution in [0.3, 0.4) is 0 Å². The van der Waals surface area contributed by atoms with Crippen LogP contribution in [0.5, 0.6) is 0 Å². The van der Waals surface area contributed by atoms with Crippen LogP contribution in [-0.2, 0) is 37.6 Å². The molecule has 2 N–H and O–H groups in total. The first-order valence-electron chi connectivity index (χ1n) is 10.9. The zero-order valence-electron chi connectivity index (χ0n) is 19.8. The number of rotatable bonds is 13. The normalized spacial score (nSPS) is 12.1. The van der Waals surface area contributed by atoms with E-state index >= 15 is 0 Å². The molecule has 11 nitrogen and oxygen atoms in total. The van der Waals surface area contributed by atoms with E-state index in [0.717, 1.165) is 4.88 Å². The Morgan fingerprint density at radius 1 is 1.17 bits per heavy atom. The Labute approximate surface area is 213 Å². The minimum absolute atomic E-state index is 0.0179. The second-order valence-electron chi connectivity index (χ2n) is 7.30. The number of hydrogen-bond donors (Lipinski definition) is 2. The van der Waals surface area contributed by atoms with Crippen molar-refractivity contribution in [2.24, 2.45) is 5.16 Å². The third-order valence-corrected chi connectivity index (χ3v) is 7.71. The number of amides is 1. The monoisotopic (exact) mass is 533 g/mol. The van der Waals surface area contributed by atoms with Crippen molar-refractivity contribution in [3.05, 3.63) is 71.0 Å². The van der Waals surface area contributed by atoms with Crippen LogP contribution in [0.15, 0.2) is 64.9 Å². The van der Waals surface area contributed by atoms with Crippen LogP contribution in [0.1, 0.15) is 23.1 Å². The fourth-order valence-corrected chi connectivity index (χ4v) is 5.32. The first-order valence-corrected chi connectivity index (χ1v) is 13.2. The number of ether oxygens (including phenoxy) is 1. The van der Waals surface area contributed by atoms with Gasteiger partial charge in [0, 0.05) is 38.2 Å². The average molecular weight is 534 g/mol. The molecule has 0 aliphatic rings. The number of pyridine rings is 1. The summed E-state index contributed by atoms with van der Waals surface area (Å²) in [4.78, 5) is 27.7. The molecule has 13 heteroatoms. The number of aliphatic hydroxyl groups is 1. The van der Waals surface area contributed by atoms with E-state index in [1.807, 2.05) is 0 Å². The molecule has 0 aliphatic carbocycles. The lowest BCUT2D eigenvalue weighted by molar-refractivity contribution is -0.110. The summed E-state index contributed by atoms with van der Waals surface area (Å²) in [6.45, 7) is 1.98. The summed E-state index contributed by atoms with van der Waals surface area (Å²) >= 11 is 1.26. The van der Waals surface area contributed by atoms with Crippen molar-refractivity contribution in [1.29, 1.82) is 0 Å². The number of benzene rings is 1. The molecule has 0 spiro atoms. The number of carbonyl (C=O) groups excluding carboxylic acids is 1. The smallest absolute Gasteiger partial charge is 0.280 e. The zero-order valence-corrected chi connectivity index (χ0v) is 21.5. The van der Waals surface area contributed by atoms with Gasteiger partial charge in [-0.25, -0.2) is 13.4 Å². The first kappa shape index (κ1) is 27.4. The van der Waals surface area contributed by atoms with Gasteiger partial charge in [0.05, 0.1) is 28.7 Å². The quantitative estimate of drug-likeness (QED) is 0.252. The maximum Gasteiger partial charge on any atom is 0.280 e. The predicted octanol–water partition coefficient (Wildman–Crippen LogP) is 2.25. The number of nitrogens with zero attached hydrogens (tertiary/aromatic N) is 4. The van der Waals surface area contributed by atoms with E-state index in [1.54, 1.807) is 44.6 Å². The van der Waals surface area contributed by atoms with Gasteiger partial charge in [0.25, 0.3) is 5.91 Å². The van der Waals surface area contributed by atoms with E-state index < -0.39 is 15.9 Å². The van der Waals surface area contributed by atoms with Crippen LogP contribution in [-0.4, -0.2) is 66.2 Å². The third kappa shape index (κ3) is 7.15. The van der Waals surface area contributed by atoms with Gasteiger partial charge in [-0.2, -0.15) is 4.31 Å². The molecule has 0 bridgehead atoms. The number of oxime groups is 1. The fraction of sp³-hybridized carbons (Fsp3) is 0.304. The third-order valence-electron chi connectivity index (χ3n) is 4.84. The Morgan fingerprint density at radius 3 is 2.58 bits per heavy atom. The van der Waals surface area contributed by atoms with Crippen molar-refractivity contribution in [1.82, 2.24) is 14.3 Å². The highest BCUT2D eigenvalue weighted by molar-refractivity contribution is 7.89. The molecule has 3 rings (SSSR count). The van der Waals surface area contributed by atoms with Gasteiger partial charge in [-0.05, 0) is 24.3 Å². The second kappa shape index (κ2) is 13.2. The summed E-state index contributed by atoms with van der Waals surface area (Å²) in [7, 11) is -2.24. The lowest BCUT2D eigenvalue weighted by Gasteiger charge is -2.19. The van der Waals surface area contributed by atoms with Crippen LogP contribution in [0.25, 0.3) is 0 Å². The fourth-order valence-electron chi connectivity index (χ4n) is 3.10. The van der Waals surface area contributed by atoms with Gasteiger partial charge >= 0.3 is 0 Å². The van der Waals surface area contributed by atoms with Crippen molar-refractivity contribution >= 4 is 38.1 Å². The SMILES string of the molecule is CCN(CCO)S(=O)(=O)c1ccc(/C(=N\OCc2ccccn2)C(=O)Nc2ncc(COC)s2)cc1. The van der Waals surface area contributed by atoms with E-state index in [1.165, 1.54) is 39.9 Å². The van der Waals surface area contributed by atoms with Crippen LogP contribution in [0.4, 0.5) is 5.13 Å². The summed E-state index contributed by atoms with van der Waals surface area (Å²) in [6.07, 6.45) is 3.22. The molecule has 0 saturated carbocycles. The number of carbonyl (C=O) groups is 1. The summed E-state index contributed by atoms with van der Waals surface area (Å²) in [5.74, 6) is -0.583.